The first-order chi connectivity index (χ1) is 7.73. The van der Waals surface area contributed by atoms with Crippen LogP contribution in [-0.4, -0.2) is 25.1 Å². The molecule has 5 heteroatoms. The van der Waals surface area contributed by atoms with Crippen molar-refractivity contribution in [2.45, 2.75) is 25.5 Å². The number of benzene rings is 1. The van der Waals surface area contributed by atoms with Crippen molar-refractivity contribution in [1.29, 1.82) is 5.41 Å². The predicted molar refractivity (Wildman–Crippen MR) is 68.1 cm³/mol. The maximum atomic E-state index is 12.0. The molecule has 0 bridgehead atoms. The summed E-state index contributed by atoms with van der Waals surface area (Å²) in [6.45, 7) is 5.38. The second-order valence-corrected chi connectivity index (χ2v) is 6.76. The monoisotopic (exact) mass is 253 g/mol. The largest absolute Gasteiger partial charge is 0.478 e. The number of hydrogen-bond donors (Lipinski definition) is 2. The molecule has 1 aromatic carbocycles. The van der Waals surface area contributed by atoms with Crippen LogP contribution >= 0.6 is 0 Å². The number of carboxylic acids is 1. The summed E-state index contributed by atoms with van der Waals surface area (Å²) in [5.74, 6) is -1.01. The van der Waals surface area contributed by atoms with Gasteiger partial charge >= 0.3 is 5.97 Å². The lowest BCUT2D eigenvalue weighted by Crippen LogP contribution is -2.28. The number of carbonyl (C=O) groups is 1. The zero-order chi connectivity index (χ0) is 13.2. The molecule has 1 rings (SSSR count). The average Bonchev–Trinajstić information content (AvgIpc) is 2.26. The van der Waals surface area contributed by atoms with Gasteiger partial charge in [-0.25, -0.2) is 4.79 Å². The van der Waals surface area contributed by atoms with Crippen LogP contribution in [0.5, 0.6) is 0 Å². The van der Waals surface area contributed by atoms with Gasteiger partial charge in [0.25, 0.3) is 0 Å². The highest BCUT2D eigenvalue weighted by Crippen LogP contribution is 2.16. The Labute approximate surface area is 103 Å². The fourth-order valence-electron chi connectivity index (χ4n) is 1.18. The fraction of sp³-hybridized carbons (Fsp3) is 0.333. The topological polar surface area (TPSA) is 78.2 Å². The molecule has 0 saturated heterocycles. The van der Waals surface area contributed by atoms with E-state index in [4.69, 9.17) is 10.5 Å². The van der Waals surface area contributed by atoms with Gasteiger partial charge in [-0.05, 0) is 32.9 Å². The van der Waals surface area contributed by atoms with Gasteiger partial charge in [0.15, 0.2) is 0 Å². The van der Waals surface area contributed by atoms with Gasteiger partial charge in [-0.2, -0.15) is 0 Å². The molecule has 0 saturated carbocycles. The van der Waals surface area contributed by atoms with Gasteiger partial charge in [-0.1, -0.05) is 12.1 Å². The van der Waals surface area contributed by atoms with E-state index in [1.807, 2.05) is 0 Å². The lowest BCUT2D eigenvalue weighted by molar-refractivity contribution is 0.0697. The van der Waals surface area contributed by atoms with Crippen molar-refractivity contribution in [1.82, 2.24) is 0 Å². The highest BCUT2D eigenvalue weighted by molar-refractivity contribution is 8.02. The Balaban J connectivity index is 2.99. The molecule has 1 unspecified atom stereocenters. The number of rotatable bonds is 2. The van der Waals surface area contributed by atoms with Crippen molar-refractivity contribution < 1.29 is 14.1 Å². The van der Waals surface area contributed by atoms with Crippen LogP contribution in [0.3, 0.4) is 0 Å². The first-order valence-electron chi connectivity index (χ1n) is 5.07. The van der Waals surface area contributed by atoms with Crippen LogP contribution in [0.2, 0.25) is 0 Å². The number of nitrogens with one attached hydrogen (secondary N) is 1. The van der Waals surface area contributed by atoms with Crippen LogP contribution in [0.25, 0.3) is 0 Å². The summed E-state index contributed by atoms with van der Waals surface area (Å²) in [6.07, 6.45) is 0. The molecule has 0 amide bonds. The molecule has 0 aliphatic rings. The molecule has 0 aliphatic carbocycles. The summed E-state index contributed by atoms with van der Waals surface area (Å²) in [6, 6.07) is 5.84. The molecule has 0 heterocycles. The lowest BCUT2D eigenvalue weighted by atomic mass is 10.1. The van der Waals surface area contributed by atoms with Gasteiger partial charge in [0.2, 0.25) is 0 Å². The Morgan fingerprint density at radius 3 is 1.94 bits per heavy atom. The zero-order valence-electron chi connectivity index (χ0n) is 9.98. The molecule has 0 aromatic heterocycles. The summed E-state index contributed by atoms with van der Waals surface area (Å²) in [4.78, 5) is 10.7. The lowest BCUT2D eigenvalue weighted by Gasteiger charge is -2.18. The highest BCUT2D eigenvalue weighted by Gasteiger charge is 2.24. The Morgan fingerprint density at radius 2 is 1.59 bits per heavy atom. The van der Waals surface area contributed by atoms with E-state index < -0.39 is 21.5 Å². The maximum Gasteiger partial charge on any atom is 0.335 e. The minimum absolute atomic E-state index is 0.0226. The summed E-state index contributed by atoms with van der Waals surface area (Å²) in [7, 11) is -1.41. The first-order valence-corrected chi connectivity index (χ1v) is 6.22. The van der Waals surface area contributed by atoms with Gasteiger partial charge in [0.05, 0.1) is 16.4 Å². The van der Waals surface area contributed by atoms with Crippen molar-refractivity contribution in [3.8, 4) is 0 Å². The summed E-state index contributed by atoms with van der Waals surface area (Å²) in [5.41, 5.74) is 0.645. The number of aromatic carboxylic acids is 1. The van der Waals surface area contributed by atoms with Crippen LogP contribution in [0.1, 0.15) is 36.7 Å². The molecular weight excluding hydrogens is 238 g/mol. The second-order valence-electron chi connectivity index (χ2n) is 4.59. The van der Waals surface area contributed by atoms with E-state index in [9.17, 15) is 9.00 Å². The van der Waals surface area contributed by atoms with E-state index in [-0.39, 0.29) is 10.6 Å². The van der Waals surface area contributed by atoms with Gasteiger partial charge < -0.3 is 5.11 Å². The summed E-state index contributed by atoms with van der Waals surface area (Å²) < 4.78 is 11.5. The summed E-state index contributed by atoms with van der Waals surface area (Å²) in [5, 5.41) is 16.6. The fourth-order valence-corrected chi connectivity index (χ4v) is 2.14. The molecule has 2 N–H and O–H groups in total. The average molecular weight is 253 g/mol. The van der Waals surface area contributed by atoms with Crippen LogP contribution in [-0.2, 0) is 10.8 Å². The third kappa shape index (κ3) is 3.23. The van der Waals surface area contributed by atoms with E-state index in [0.29, 0.717) is 5.56 Å². The van der Waals surface area contributed by atoms with Crippen LogP contribution < -0.4 is 0 Å². The molecule has 92 valence electrons. The smallest absolute Gasteiger partial charge is 0.335 e. The van der Waals surface area contributed by atoms with E-state index in [0.717, 1.165) is 0 Å². The second kappa shape index (κ2) is 4.79. The van der Waals surface area contributed by atoms with Crippen LogP contribution in [0.15, 0.2) is 24.3 Å². The van der Waals surface area contributed by atoms with Crippen LogP contribution in [0.4, 0.5) is 0 Å². The Bertz CT molecular complexity index is 472. The predicted octanol–water partition coefficient (Wildman–Crippen LogP) is 2.26. The first kappa shape index (κ1) is 13.6. The van der Waals surface area contributed by atoms with Gasteiger partial charge in [-0.3, -0.25) is 9.62 Å². The van der Waals surface area contributed by atoms with Crippen LogP contribution in [0, 0.1) is 5.41 Å². The van der Waals surface area contributed by atoms with E-state index in [1.54, 1.807) is 20.8 Å². The third-order valence-corrected chi connectivity index (χ3v) is 3.85. The number of hydrogen-bond acceptors (Lipinski definition) is 3. The van der Waals surface area contributed by atoms with E-state index >= 15 is 0 Å². The summed E-state index contributed by atoms with van der Waals surface area (Å²) >= 11 is 0. The van der Waals surface area contributed by atoms with Crippen molar-refractivity contribution in [3.05, 3.63) is 35.4 Å². The molecule has 0 fully saturated rings. The molecule has 0 aliphatic heterocycles. The van der Waals surface area contributed by atoms with Crippen molar-refractivity contribution in [3.63, 3.8) is 0 Å². The highest BCUT2D eigenvalue weighted by atomic mass is 32.2. The molecular formula is C12H15NO3S. The molecule has 0 spiro atoms. The molecule has 4 nitrogen and oxygen atoms in total. The van der Waals surface area contributed by atoms with Gasteiger partial charge in [0.1, 0.15) is 5.04 Å². The van der Waals surface area contributed by atoms with E-state index in [2.05, 4.69) is 0 Å². The third-order valence-electron chi connectivity index (χ3n) is 2.14. The van der Waals surface area contributed by atoms with Gasteiger partial charge in [0, 0.05) is 10.3 Å². The molecule has 17 heavy (non-hydrogen) atoms. The van der Waals surface area contributed by atoms with Gasteiger partial charge in [-0.15, -0.1) is 0 Å². The van der Waals surface area contributed by atoms with Crippen molar-refractivity contribution in [2.24, 2.45) is 0 Å². The molecule has 1 aromatic rings. The Hall–Kier alpha value is -1.49. The normalized spacial score (nSPS) is 13.1. The molecule has 0 radical (unpaired) electrons. The van der Waals surface area contributed by atoms with E-state index in [1.165, 1.54) is 24.3 Å². The minimum atomic E-state index is -1.41. The quantitative estimate of drug-likeness (QED) is 0.626. The Kier molecular flexibility index (Phi) is 3.83. The van der Waals surface area contributed by atoms with Crippen molar-refractivity contribution in [2.75, 3.05) is 0 Å². The molecule has 1 atom stereocenters. The van der Waals surface area contributed by atoms with Crippen molar-refractivity contribution >= 4 is 21.8 Å². The standard InChI is InChI=1S/C12H15NO3S/c1-12(2,3)17(16)10(13)8-4-6-9(7-5-8)11(14)15/h4-7,13H,1-3H3,(H,14,15). The SMILES string of the molecule is CC(C)(C)S(=O)C(=N)c1ccc(C(=O)O)cc1. The zero-order valence-corrected chi connectivity index (χ0v) is 10.8. The maximum absolute atomic E-state index is 12.0. The Morgan fingerprint density at radius 1 is 1.18 bits per heavy atom. The number of carboxylic acid groups (broad SMARTS) is 1. The minimum Gasteiger partial charge on any atom is -0.478 e.